The average Bonchev–Trinajstić information content (AvgIpc) is 2.32. The van der Waals surface area contributed by atoms with Gasteiger partial charge in [0, 0.05) is 18.7 Å². The number of rotatable bonds is 7. The van der Waals surface area contributed by atoms with Crippen molar-refractivity contribution < 1.29 is 23.1 Å². The number of unbranched alkanes of at least 4 members (excludes halogenated alkanes) is 2. The van der Waals surface area contributed by atoms with Crippen LogP contribution in [0.1, 0.15) is 31.2 Å². The molecule has 19 heavy (non-hydrogen) atoms. The van der Waals surface area contributed by atoms with E-state index in [0.29, 0.717) is 25.8 Å². The Morgan fingerprint density at radius 3 is 2.47 bits per heavy atom. The number of carboxylic acid groups (broad SMARTS) is 1. The van der Waals surface area contributed by atoms with Crippen molar-refractivity contribution in [2.75, 3.05) is 11.9 Å². The standard InChI is InChI=1S/C13H16F3NO2/c14-13(15,16)10-6-3-4-7-11(10)17-9-5-1-2-8-12(18)19/h3-4,6-7,17H,1-2,5,8-9H2,(H,18,19). The molecular weight excluding hydrogens is 259 g/mol. The molecule has 3 nitrogen and oxygen atoms in total. The molecule has 0 aromatic heterocycles. The second-order valence-corrected chi connectivity index (χ2v) is 4.17. The summed E-state index contributed by atoms with van der Waals surface area (Å²) in [6, 6.07) is 5.32. The number of para-hydroxylation sites is 1. The fourth-order valence-electron chi connectivity index (χ4n) is 1.69. The summed E-state index contributed by atoms with van der Waals surface area (Å²) in [5, 5.41) is 11.2. The number of benzene rings is 1. The smallest absolute Gasteiger partial charge is 0.418 e. The van der Waals surface area contributed by atoms with Gasteiger partial charge >= 0.3 is 12.1 Å². The first-order chi connectivity index (χ1) is 8.91. The Balaban J connectivity index is 2.39. The van der Waals surface area contributed by atoms with E-state index in [9.17, 15) is 18.0 Å². The second-order valence-electron chi connectivity index (χ2n) is 4.17. The van der Waals surface area contributed by atoms with Gasteiger partial charge in [0.1, 0.15) is 0 Å². The van der Waals surface area contributed by atoms with Crippen LogP contribution in [0.2, 0.25) is 0 Å². The molecule has 0 saturated carbocycles. The molecule has 0 fully saturated rings. The van der Waals surface area contributed by atoms with Crippen molar-refractivity contribution in [3.05, 3.63) is 29.8 Å². The minimum atomic E-state index is -4.37. The first-order valence-corrected chi connectivity index (χ1v) is 6.03. The molecule has 0 atom stereocenters. The van der Waals surface area contributed by atoms with E-state index in [1.165, 1.54) is 12.1 Å². The summed E-state index contributed by atoms with van der Waals surface area (Å²) in [5.41, 5.74) is -0.617. The maximum Gasteiger partial charge on any atom is 0.418 e. The zero-order valence-electron chi connectivity index (χ0n) is 10.3. The highest BCUT2D eigenvalue weighted by molar-refractivity contribution is 5.66. The molecule has 6 heteroatoms. The van der Waals surface area contributed by atoms with Gasteiger partial charge in [0.25, 0.3) is 0 Å². The number of hydrogen-bond acceptors (Lipinski definition) is 2. The minimum absolute atomic E-state index is 0.0632. The van der Waals surface area contributed by atoms with E-state index in [-0.39, 0.29) is 12.1 Å². The van der Waals surface area contributed by atoms with Crippen LogP contribution in [0.5, 0.6) is 0 Å². The van der Waals surface area contributed by atoms with Crippen molar-refractivity contribution in [1.82, 2.24) is 0 Å². The van der Waals surface area contributed by atoms with Crippen LogP contribution in [-0.4, -0.2) is 17.6 Å². The highest BCUT2D eigenvalue weighted by Crippen LogP contribution is 2.34. The predicted molar refractivity (Wildman–Crippen MR) is 66.0 cm³/mol. The zero-order valence-corrected chi connectivity index (χ0v) is 10.3. The molecule has 0 saturated heterocycles. The van der Waals surface area contributed by atoms with Gasteiger partial charge in [-0.15, -0.1) is 0 Å². The van der Waals surface area contributed by atoms with Gasteiger partial charge in [-0.3, -0.25) is 4.79 Å². The van der Waals surface area contributed by atoms with E-state index < -0.39 is 17.7 Å². The van der Waals surface area contributed by atoms with Crippen molar-refractivity contribution in [2.24, 2.45) is 0 Å². The molecule has 0 spiro atoms. The summed E-state index contributed by atoms with van der Waals surface area (Å²) in [4.78, 5) is 10.3. The maximum atomic E-state index is 12.7. The van der Waals surface area contributed by atoms with Crippen molar-refractivity contribution >= 4 is 11.7 Å². The lowest BCUT2D eigenvalue weighted by Gasteiger charge is -2.14. The Morgan fingerprint density at radius 1 is 1.16 bits per heavy atom. The van der Waals surface area contributed by atoms with Gasteiger partial charge in [-0.1, -0.05) is 18.6 Å². The summed E-state index contributed by atoms with van der Waals surface area (Å²) in [6.07, 6.45) is -2.42. The van der Waals surface area contributed by atoms with Gasteiger partial charge in [-0.25, -0.2) is 0 Å². The number of aliphatic carboxylic acids is 1. The van der Waals surface area contributed by atoms with Crippen LogP contribution in [0.25, 0.3) is 0 Å². The molecule has 2 N–H and O–H groups in total. The molecule has 0 radical (unpaired) electrons. The minimum Gasteiger partial charge on any atom is -0.481 e. The van der Waals surface area contributed by atoms with Crippen LogP contribution in [0.15, 0.2) is 24.3 Å². The molecule has 0 aliphatic heterocycles. The monoisotopic (exact) mass is 275 g/mol. The fraction of sp³-hybridized carbons (Fsp3) is 0.462. The molecule has 0 heterocycles. The molecule has 0 aliphatic carbocycles. The number of alkyl halides is 3. The zero-order chi connectivity index (χ0) is 14.3. The van der Waals surface area contributed by atoms with Crippen LogP contribution < -0.4 is 5.32 Å². The third kappa shape index (κ3) is 5.63. The number of anilines is 1. The summed E-state index contributed by atoms with van der Waals surface area (Å²) in [5.74, 6) is -0.852. The quantitative estimate of drug-likeness (QED) is 0.745. The van der Waals surface area contributed by atoms with E-state index in [2.05, 4.69) is 5.32 Å². The van der Waals surface area contributed by atoms with Gasteiger partial charge < -0.3 is 10.4 Å². The average molecular weight is 275 g/mol. The van der Waals surface area contributed by atoms with Gasteiger partial charge in [0.15, 0.2) is 0 Å². The maximum absolute atomic E-state index is 12.7. The number of halogens is 3. The van der Waals surface area contributed by atoms with Crippen molar-refractivity contribution in [1.29, 1.82) is 0 Å². The Bertz CT molecular complexity index is 419. The topological polar surface area (TPSA) is 49.3 Å². The van der Waals surface area contributed by atoms with Crippen LogP contribution in [-0.2, 0) is 11.0 Å². The third-order valence-corrected chi connectivity index (χ3v) is 2.62. The lowest BCUT2D eigenvalue weighted by molar-refractivity contribution is -0.138. The summed E-state index contributed by atoms with van der Waals surface area (Å²) < 4.78 is 38.0. The lowest BCUT2D eigenvalue weighted by Crippen LogP contribution is -2.11. The molecule has 0 amide bonds. The van der Waals surface area contributed by atoms with E-state index in [1.54, 1.807) is 6.07 Å². The Morgan fingerprint density at radius 2 is 1.84 bits per heavy atom. The molecular formula is C13H16F3NO2. The SMILES string of the molecule is O=C(O)CCCCCNc1ccccc1C(F)(F)F. The van der Waals surface area contributed by atoms with E-state index in [0.717, 1.165) is 6.07 Å². The Labute approximate surface area is 109 Å². The summed E-state index contributed by atoms with van der Waals surface area (Å²) in [7, 11) is 0. The predicted octanol–water partition coefficient (Wildman–Crippen LogP) is 3.76. The van der Waals surface area contributed by atoms with Gasteiger partial charge in [-0.05, 0) is 25.0 Å². The normalized spacial score (nSPS) is 11.3. The van der Waals surface area contributed by atoms with Crippen molar-refractivity contribution in [2.45, 2.75) is 31.9 Å². The summed E-state index contributed by atoms with van der Waals surface area (Å²) in [6.45, 7) is 0.396. The van der Waals surface area contributed by atoms with Crippen LogP contribution in [0, 0.1) is 0 Å². The molecule has 1 aromatic rings. The highest BCUT2D eigenvalue weighted by Gasteiger charge is 2.32. The van der Waals surface area contributed by atoms with E-state index in [4.69, 9.17) is 5.11 Å². The molecule has 0 aliphatic rings. The van der Waals surface area contributed by atoms with E-state index >= 15 is 0 Å². The molecule has 0 unspecified atom stereocenters. The fourth-order valence-corrected chi connectivity index (χ4v) is 1.69. The number of hydrogen-bond donors (Lipinski definition) is 2. The molecule has 0 bridgehead atoms. The van der Waals surface area contributed by atoms with Gasteiger partial charge in [0.2, 0.25) is 0 Å². The van der Waals surface area contributed by atoms with Gasteiger partial charge in [0.05, 0.1) is 5.56 Å². The molecule has 1 rings (SSSR count). The number of carboxylic acids is 1. The van der Waals surface area contributed by atoms with Crippen LogP contribution in [0.4, 0.5) is 18.9 Å². The summed E-state index contributed by atoms with van der Waals surface area (Å²) >= 11 is 0. The van der Waals surface area contributed by atoms with Gasteiger partial charge in [-0.2, -0.15) is 13.2 Å². The van der Waals surface area contributed by atoms with Crippen molar-refractivity contribution in [3.8, 4) is 0 Å². The Kier molecular flexibility index (Phi) is 5.66. The van der Waals surface area contributed by atoms with E-state index in [1.807, 2.05) is 0 Å². The second kappa shape index (κ2) is 7.01. The molecule has 106 valence electrons. The number of nitrogens with one attached hydrogen (secondary N) is 1. The van der Waals surface area contributed by atoms with Crippen LogP contribution >= 0.6 is 0 Å². The first kappa shape index (κ1) is 15.3. The highest BCUT2D eigenvalue weighted by atomic mass is 19.4. The van der Waals surface area contributed by atoms with Crippen molar-refractivity contribution in [3.63, 3.8) is 0 Å². The Hall–Kier alpha value is -1.72. The third-order valence-electron chi connectivity index (χ3n) is 2.62. The van der Waals surface area contributed by atoms with Crippen LogP contribution in [0.3, 0.4) is 0 Å². The largest absolute Gasteiger partial charge is 0.481 e. The first-order valence-electron chi connectivity index (χ1n) is 6.03. The lowest BCUT2D eigenvalue weighted by atomic mass is 10.1. The molecule has 1 aromatic carbocycles. The number of carbonyl (C=O) groups is 1.